The van der Waals surface area contributed by atoms with Gasteiger partial charge in [0.2, 0.25) is 0 Å². The molecule has 0 saturated carbocycles. The second-order valence-corrected chi connectivity index (χ2v) is 6.56. The van der Waals surface area contributed by atoms with E-state index in [9.17, 15) is 0 Å². The summed E-state index contributed by atoms with van der Waals surface area (Å²) in [4.78, 5) is 4.81. The molecule has 1 atom stereocenters. The Kier molecular flexibility index (Phi) is 4.42. The van der Waals surface area contributed by atoms with Gasteiger partial charge >= 0.3 is 0 Å². The van der Waals surface area contributed by atoms with Gasteiger partial charge in [0.1, 0.15) is 5.82 Å². The van der Waals surface area contributed by atoms with Crippen molar-refractivity contribution < 1.29 is 0 Å². The van der Waals surface area contributed by atoms with Crippen LogP contribution in [0, 0.1) is 13.8 Å². The zero-order valence-corrected chi connectivity index (χ0v) is 14.6. The standard InChI is InChI=1S/C19H22ClN3/c1-4-16(21)19-22-17-8-12(2)13(3)9-18(17)23(19)11-14-6-5-7-15(20)10-14/h5-10,16H,4,11,21H2,1-3H3. The van der Waals surface area contributed by atoms with Crippen molar-refractivity contribution in [2.45, 2.75) is 39.8 Å². The monoisotopic (exact) mass is 327 g/mol. The van der Waals surface area contributed by atoms with Crippen molar-refractivity contribution in [3.63, 3.8) is 0 Å². The molecule has 23 heavy (non-hydrogen) atoms. The number of fused-ring (bicyclic) bond motifs is 1. The number of halogens is 1. The summed E-state index contributed by atoms with van der Waals surface area (Å²) in [6, 6.07) is 12.2. The minimum Gasteiger partial charge on any atom is -0.322 e. The van der Waals surface area contributed by atoms with E-state index in [1.54, 1.807) is 0 Å². The number of aromatic nitrogens is 2. The number of benzene rings is 2. The first-order valence-corrected chi connectivity index (χ1v) is 8.34. The lowest BCUT2D eigenvalue weighted by molar-refractivity contribution is 0.605. The Morgan fingerprint density at radius 3 is 2.61 bits per heavy atom. The van der Waals surface area contributed by atoms with Gasteiger partial charge < -0.3 is 10.3 Å². The average Bonchev–Trinajstić information content (AvgIpc) is 2.85. The van der Waals surface area contributed by atoms with E-state index in [1.165, 1.54) is 11.1 Å². The van der Waals surface area contributed by atoms with Crippen LogP contribution >= 0.6 is 11.6 Å². The molecule has 3 aromatic rings. The molecule has 1 heterocycles. The Morgan fingerprint density at radius 1 is 1.17 bits per heavy atom. The summed E-state index contributed by atoms with van der Waals surface area (Å²) >= 11 is 6.13. The molecule has 120 valence electrons. The molecule has 2 aromatic carbocycles. The van der Waals surface area contributed by atoms with Gasteiger partial charge in [-0.05, 0) is 61.2 Å². The van der Waals surface area contributed by atoms with Crippen molar-refractivity contribution >= 4 is 22.6 Å². The van der Waals surface area contributed by atoms with E-state index in [-0.39, 0.29) is 6.04 Å². The van der Waals surface area contributed by atoms with Crippen LogP contribution in [0.15, 0.2) is 36.4 Å². The Morgan fingerprint density at radius 2 is 1.91 bits per heavy atom. The minimum atomic E-state index is -0.0674. The number of hydrogen-bond acceptors (Lipinski definition) is 2. The van der Waals surface area contributed by atoms with E-state index in [2.05, 4.69) is 43.5 Å². The average molecular weight is 328 g/mol. The van der Waals surface area contributed by atoms with Gasteiger partial charge in [0.15, 0.2) is 0 Å². The van der Waals surface area contributed by atoms with Crippen molar-refractivity contribution in [1.82, 2.24) is 9.55 Å². The lowest BCUT2D eigenvalue weighted by Gasteiger charge is -2.14. The molecule has 0 aliphatic heterocycles. The van der Waals surface area contributed by atoms with Crippen molar-refractivity contribution in [2.75, 3.05) is 0 Å². The van der Waals surface area contributed by atoms with E-state index in [0.29, 0.717) is 0 Å². The molecule has 1 aromatic heterocycles. The lowest BCUT2D eigenvalue weighted by atomic mass is 10.1. The zero-order chi connectivity index (χ0) is 16.6. The number of hydrogen-bond donors (Lipinski definition) is 1. The summed E-state index contributed by atoms with van der Waals surface area (Å²) in [6.45, 7) is 7.06. The van der Waals surface area contributed by atoms with E-state index in [0.717, 1.165) is 40.4 Å². The summed E-state index contributed by atoms with van der Waals surface area (Å²) in [5.41, 5.74) is 12.1. The fraction of sp³-hybridized carbons (Fsp3) is 0.316. The van der Waals surface area contributed by atoms with E-state index < -0.39 is 0 Å². The Hall–Kier alpha value is -1.84. The quantitative estimate of drug-likeness (QED) is 0.750. The number of rotatable bonds is 4. The van der Waals surface area contributed by atoms with Gasteiger partial charge in [0.05, 0.1) is 17.1 Å². The summed E-state index contributed by atoms with van der Waals surface area (Å²) in [5.74, 6) is 0.937. The highest BCUT2D eigenvalue weighted by Gasteiger charge is 2.17. The minimum absolute atomic E-state index is 0.0674. The molecule has 4 heteroatoms. The summed E-state index contributed by atoms with van der Waals surface area (Å²) in [5, 5.41) is 0.750. The van der Waals surface area contributed by atoms with Crippen molar-refractivity contribution in [2.24, 2.45) is 5.73 Å². The van der Waals surface area contributed by atoms with Crippen LogP contribution in [0.25, 0.3) is 11.0 Å². The summed E-state index contributed by atoms with van der Waals surface area (Å²) < 4.78 is 2.22. The second-order valence-electron chi connectivity index (χ2n) is 6.13. The molecule has 0 fully saturated rings. The van der Waals surface area contributed by atoms with E-state index >= 15 is 0 Å². The number of nitrogens with two attached hydrogens (primary N) is 1. The van der Waals surface area contributed by atoms with Crippen LogP contribution in [-0.2, 0) is 6.54 Å². The summed E-state index contributed by atoms with van der Waals surface area (Å²) in [7, 11) is 0. The lowest BCUT2D eigenvalue weighted by Crippen LogP contribution is -2.16. The highest BCUT2D eigenvalue weighted by atomic mass is 35.5. The van der Waals surface area contributed by atoms with Crippen LogP contribution in [0.1, 0.15) is 41.9 Å². The maximum absolute atomic E-state index is 6.31. The number of nitrogens with zero attached hydrogens (tertiary/aromatic N) is 2. The molecule has 0 saturated heterocycles. The molecule has 1 unspecified atom stereocenters. The third-order valence-electron chi connectivity index (χ3n) is 4.39. The first-order valence-electron chi connectivity index (χ1n) is 7.97. The second kappa shape index (κ2) is 6.34. The first-order chi connectivity index (χ1) is 11.0. The fourth-order valence-corrected chi connectivity index (χ4v) is 3.06. The highest BCUT2D eigenvalue weighted by Crippen LogP contribution is 2.26. The Labute approximate surface area is 142 Å². The van der Waals surface area contributed by atoms with Crippen LogP contribution in [0.2, 0.25) is 5.02 Å². The van der Waals surface area contributed by atoms with Crippen molar-refractivity contribution in [3.8, 4) is 0 Å². The van der Waals surface area contributed by atoms with Gasteiger partial charge in [0.25, 0.3) is 0 Å². The van der Waals surface area contributed by atoms with Gasteiger partial charge in [-0.2, -0.15) is 0 Å². The van der Waals surface area contributed by atoms with Gasteiger partial charge in [-0.3, -0.25) is 0 Å². The number of aryl methyl sites for hydroxylation is 2. The predicted molar refractivity (Wildman–Crippen MR) is 97.0 cm³/mol. The molecular formula is C19H22ClN3. The zero-order valence-electron chi connectivity index (χ0n) is 13.8. The van der Waals surface area contributed by atoms with Crippen LogP contribution in [0.4, 0.5) is 0 Å². The van der Waals surface area contributed by atoms with Crippen molar-refractivity contribution in [3.05, 3.63) is 63.9 Å². The highest BCUT2D eigenvalue weighted by molar-refractivity contribution is 6.30. The third-order valence-corrected chi connectivity index (χ3v) is 4.63. The Balaban J connectivity index is 2.17. The molecule has 3 rings (SSSR count). The molecule has 0 bridgehead atoms. The normalized spacial score (nSPS) is 12.7. The molecule has 0 aliphatic rings. The largest absolute Gasteiger partial charge is 0.322 e. The van der Waals surface area contributed by atoms with Crippen molar-refractivity contribution in [1.29, 1.82) is 0 Å². The van der Waals surface area contributed by atoms with Crippen LogP contribution in [0.3, 0.4) is 0 Å². The Bertz CT molecular complexity index is 851. The van der Waals surface area contributed by atoms with Gasteiger partial charge in [-0.25, -0.2) is 4.98 Å². The third kappa shape index (κ3) is 3.12. The molecular weight excluding hydrogens is 306 g/mol. The van der Waals surface area contributed by atoms with Crippen LogP contribution < -0.4 is 5.73 Å². The van der Waals surface area contributed by atoms with E-state index in [1.807, 2.05) is 18.2 Å². The fourth-order valence-electron chi connectivity index (χ4n) is 2.85. The smallest absolute Gasteiger partial charge is 0.127 e. The number of imidazole rings is 1. The molecule has 2 N–H and O–H groups in total. The van der Waals surface area contributed by atoms with Crippen LogP contribution in [0.5, 0.6) is 0 Å². The molecule has 0 amide bonds. The topological polar surface area (TPSA) is 43.8 Å². The summed E-state index contributed by atoms with van der Waals surface area (Å²) in [6.07, 6.45) is 0.858. The van der Waals surface area contributed by atoms with Gasteiger partial charge in [0, 0.05) is 11.6 Å². The molecule has 3 nitrogen and oxygen atoms in total. The predicted octanol–water partition coefficient (Wildman–Crippen LogP) is 4.76. The first kappa shape index (κ1) is 16.0. The van der Waals surface area contributed by atoms with Crippen LogP contribution in [-0.4, -0.2) is 9.55 Å². The molecule has 0 spiro atoms. The molecule has 0 radical (unpaired) electrons. The molecule has 0 aliphatic carbocycles. The van der Waals surface area contributed by atoms with E-state index in [4.69, 9.17) is 22.3 Å². The van der Waals surface area contributed by atoms with Gasteiger partial charge in [-0.15, -0.1) is 0 Å². The SMILES string of the molecule is CCC(N)c1nc2cc(C)c(C)cc2n1Cc1cccc(Cl)c1. The maximum atomic E-state index is 6.31. The maximum Gasteiger partial charge on any atom is 0.127 e. The van der Waals surface area contributed by atoms with Gasteiger partial charge in [-0.1, -0.05) is 30.7 Å².